The summed E-state index contributed by atoms with van der Waals surface area (Å²) in [6.45, 7) is 7.38. The molecule has 1 rings (SSSR count). The average Bonchev–Trinajstić information content (AvgIpc) is 2.37. The molecule has 3 atom stereocenters. The van der Waals surface area contributed by atoms with Crippen molar-refractivity contribution in [2.24, 2.45) is 5.73 Å². The second-order valence-corrected chi connectivity index (χ2v) is 4.81. The van der Waals surface area contributed by atoms with Gasteiger partial charge in [-0.3, -0.25) is 4.79 Å². The molecule has 0 spiro atoms. The Balaban J connectivity index is 2.69. The minimum absolute atomic E-state index is 0.0245. The maximum Gasteiger partial charge on any atom is 0.254 e. The number of ether oxygens (including phenoxy) is 2. The predicted molar refractivity (Wildman–Crippen MR) is 65.7 cm³/mol. The second kappa shape index (κ2) is 5.80. The van der Waals surface area contributed by atoms with Gasteiger partial charge in [-0.15, -0.1) is 0 Å². The number of carbonyl (C=O) groups is 1. The Morgan fingerprint density at radius 3 is 2.82 bits per heavy atom. The molecule has 1 fully saturated rings. The van der Waals surface area contributed by atoms with E-state index in [4.69, 9.17) is 15.2 Å². The lowest BCUT2D eigenvalue weighted by atomic mass is 10.0. The summed E-state index contributed by atoms with van der Waals surface area (Å²) in [5.74, 6) is 0.0245. The van der Waals surface area contributed by atoms with Crippen molar-refractivity contribution in [1.82, 2.24) is 4.90 Å². The number of hydrogen-bond acceptors (Lipinski definition) is 4. The highest BCUT2D eigenvalue weighted by molar-refractivity contribution is 5.85. The molecule has 0 bridgehead atoms. The molecule has 17 heavy (non-hydrogen) atoms. The van der Waals surface area contributed by atoms with E-state index in [1.54, 1.807) is 12.0 Å². The first-order valence-electron chi connectivity index (χ1n) is 6.16. The monoisotopic (exact) mass is 244 g/mol. The lowest BCUT2D eigenvalue weighted by Crippen LogP contribution is -2.56. The summed E-state index contributed by atoms with van der Waals surface area (Å²) in [5.41, 5.74) is 5.07. The number of amides is 1. The van der Waals surface area contributed by atoms with Crippen LogP contribution in [-0.2, 0) is 14.3 Å². The van der Waals surface area contributed by atoms with E-state index < -0.39 is 5.60 Å². The maximum absolute atomic E-state index is 12.4. The van der Waals surface area contributed by atoms with Gasteiger partial charge in [0, 0.05) is 26.2 Å². The third-order valence-corrected chi connectivity index (χ3v) is 3.54. The lowest BCUT2D eigenvalue weighted by molar-refractivity contribution is -0.161. The summed E-state index contributed by atoms with van der Waals surface area (Å²) in [6, 6.07) is -0.0685. The van der Waals surface area contributed by atoms with Gasteiger partial charge in [0.1, 0.15) is 5.60 Å². The molecule has 0 aromatic heterocycles. The first-order chi connectivity index (χ1) is 7.94. The zero-order valence-corrected chi connectivity index (χ0v) is 11.2. The molecule has 0 aromatic carbocycles. The van der Waals surface area contributed by atoms with Crippen LogP contribution in [0, 0.1) is 0 Å². The Morgan fingerprint density at radius 2 is 2.35 bits per heavy atom. The lowest BCUT2D eigenvalue weighted by Gasteiger charge is -2.39. The highest BCUT2D eigenvalue weighted by Gasteiger charge is 2.37. The van der Waals surface area contributed by atoms with Crippen molar-refractivity contribution in [3.8, 4) is 0 Å². The van der Waals surface area contributed by atoms with Crippen molar-refractivity contribution < 1.29 is 14.3 Å². The van der Waals surface area contributed by atoms with Crippen LogP contribution in [-0.4, -0.2) is 55.4 Å². The van der Waals surface area contributed by atoms with Gasteiger partial charge in [0.15, 0.2) is 0 Å². The Labute approximate surface area is 103 Å². The molecule has 100 valence electrons. The summed E-state index contributed by atoms with van der Waals surface area (Å²) in [4.78, 5) is 14.2. The zero-order valence-electron chi connectivity index (χ0n) is 11.2. The Hall–Kier alpha value is -0.650. The van der Waals surface area contributed by atoms with Crippen LogP contribution in [0.25, 0.3) is 0 Å². The van der Waals surface area contributed by atoms with Gasteiger partial charge in [0.05, 0.1) is 12.7 Å². The molecular formula is C12H24N2O3. The SMILES string of the molecule is CCC(C)(OC)C(=O)N1CCOC(C(C)N)C1. The molecule has 0 radical (unpaired) electrons. The third kappa shape index (κ3) is 3.18. The van der Waals surface area contributed by atoms with Crippen LogP contribution in [0.5, 0.6) is 0 Å². The van der Waals surface area contributed by atoms with E-state index in [9.17, 15) is 4.79 Å². The number of carbonyl (C=O) groups excluding carboxylic acids is 1. The van der Waals surface area contributed by atoms with Crippen LogP contribution in [0.15, 0.2) is 0 Å². The summed E-state index contributed by atoms with van der Waals surface area (Å²) in [5, 5.41) is 0. The molecule has 1 saturated heterocycles. The zero-order chi connectivity index (χ0) is 13.1. The molecule has 5 heteroatoms. The van der Waals surface area contributed by atoms with Gasteiger partial charge in [-0.05, 0) is 20.3 Å². The number of nitrogens with two attached hydrogens (primary N) is 1. The fourth-order valence-corrected chi connectivity index (χ4v) is 1.90. The summed E-state index contributed by atoms with van der Waals surface area (Å²) in [6.07, 6.45) is 0.577. The molecule has 0 aromatic rings. The summed E-state index contributed by atoms with van der Waals surface area (Å²) < 4.78 is 10.9. The molecule has 2 N–H and O–H groups in total. The van der Waals surface area contributed by atoms with Crippen molar-refractivity contribution in [3.05, 3.63) is 0 Å². The molecule has 3 unspecified atom stereocenters. The van der Waals surface area contributed by atoms with E-state index in [1.165, 1.54) is 0 Å². The fourth-order valence-electron chi connectivity index (χ4n) is 1.90. The normalized spacial score (nSPS) is 26.4. The van der Waals surface area contributed by atoms with Crippen molar-refractivity contribution in [1.29, 1.82) is 0 Å². The highest BCUT2D eigenvalue weighted by atomic mass is 16.5. The van der Waals surface area contributed by atoms with Gasteiger partial charge < -0.3 is 20.1 Å². The molecule has 0 saturated carbocycles. The van der Waals surface area contributed by atoms with E-state index in [1.807, 2.05) is 20.8 Å². The Bertz CT molecular complexity index is 264. The Morgan fingerprint density at radius 1 is 1.71 bits per heavy atom. The minimum atomic E-state index is -0.736. The van der Waals surface area contributed by atoms with Crippen molar-refractivity contribution in [3.63, 3.8) is 0 Å². The molecular weight excluding hydrogens is 220 g/mol. The average molecular weight is 244 g/mol. The topological polar surface area (TPSA) is 64.8 Å². The van der Waals surface area contributed by atoms with E-state index >= 15 is 0 Å². The summed E-state index contributed by atoms with van der Waals surface area (Å²) in [7, 11) is 1.57. The van der Waals surface area contributed by atoms with Gasteiger partial charge in [0.25, 0.3) is 5.91 Å². The first kappa shape index (κ1) is 14.4. The van der Waals surface area contributed by atoms with E-state index in [2.05, 4.69) is 0 Å². The Kier molecular flexibility index (Phi) is 4.91. The molecule has 1 aliphatic heterocycles. The number of hydrogen-bond donors (Lipinski definition) is 1. The van der Waals surface area contributed by atoms with E-state index in [0.717, 1.165) is 0 Å². The first-order valence-corrected chi connectivity index (χ1v) is 6.16. The van der Waals surface area contributed by atoms with Crippen LogP contribution < -0.4 is 5.73 Å². The van der Waals surface area contributed by atoms with Crippen molar-refractivity contribution >= 4 is 5.91 Å². The van der Waals surface area contributed by atoms with Crippen molar-refractivity contribution in [2.75, 3.05) is 26.8 Å². The molecule has 5 nitrogen and oxygen atoms in total. The van der Waals surface area contributed by atoms with Crippen LogP contribution >= 0.6 is 0 Å². The van der Waals surface area contributed by atoms with Crippen LogP contribution in [0.1, 0.15) is 27.2 Å². The smallest absolute Gasteiger partial charge is 0.254 e. The molecule has 1 heterocycles. The number of methoxy groups -OCH3 is 1. The van der Waals surface area contributed by atoms with Crippen LogP contribution in [0.4, 0.5) is 0 Å². The molecule has 0 aliphatic carbocycles. The van der Waals surface area contributed by atoms with Gasteiger partial charge >= 0.3 is 0 Å². The largest absolute Gasteiger partial charge is 0.373 e. The minimum Gasteiger partial charge on any atom is -0.373 e. The van der Waals surface area contributed by atoms with Gasteiger partial charge in [-0.25, -0.2) is 0 Å². The maximum atomic E-state index is 12.4. The van der Waals surface area contributed by atoms with E-state index in [-0.39, 0.29) is 18.1 Å². The predicted octanol–water partition coefficient (Wildman–Crippen LogP) is 0.376. The van der Waals surface area contributed by atoms with Gasteiger partial charge in [0.2, 0.25) is 0 Å². The quantitative estimate of drug-likeness (QED) is 0.776. The third-order valence-electron chi connectivity index (χ3n) is 3.54. The number of rotatable bonds is 4. The standard InChI is InChI=1S/C12H24N2O3/c1-5-12(3,16-4)11(15)14-6-7-17-10(8-14)9(2)13/h9-10H,5-8,13H2,1-4H3. The van der Waals surface area contributed by atoms with Gasteiger partial charge in [-0.2, -0.15) is 0 Å². The summed E-state index contributed by atoms with van der Waals surface area (Å²) >= 11 is 0. The van der Waals surface area contributed by atoms with Crippen LogP contribution in [0.2, 0.25) is 0 Å². The van der Waals surface area contributed by atoms with Crippen LogP contribution in [0.3, 0.4) is 0 Å². The highest BCUT2D eigenvalue weighted by Crippen LogP contribution is 2.20. The number of morpholine rings is 1. The van der Waals surface area contributed by atoms with Crippen molar-refractivity contribution in [2.45, 2.75) is 44.9 Å². The van der Waals surface area contributed by atoms with E-state index in [0.29, 0.717) is 26.1 Å². The number of nitrogens with zero attached hydrogens (tertiary/aromatic N) is 1. The van der Waals surface area contributed by atoms with Gasteiger partial charge in [-0.1, -0.05) is 6.92 Å². The second-order valence-electron chi connectivity index (χ2n) is 4.81. The molecule has 1 aliphatic rings. The molecule has 1 amide bonds. The fraction of sp³-hybridized carbons (Fsp3) is 0.917.